The summed E-state index contributed by atoms with van der Waals surface area (Å²) >= 11 is 0. The molecule has 0 aromatic rings. The van der Waals surface area contributed by atoms with Gasteiger partial charge in [-0.1, -0.05) is 24.5 Å². The molecule has 0 saturated heterocycles. The molecule has 0 aliphatic heterocycles. The Morgan fingerprint density at radius 1 is 1.44 bits per heavy atom. The van der Waals surface area contributed by atoms with Crippen LogP contribution in [0, 0.1) is 5.92 Å². The van der Waals surface area contributed by atoms with Crippen molar-refractivity contribution in [1.82, 2.24) is 0 Å². The van der Waals surface area contributed by atoms with Crippen LogP contribution >= 0.6 is 0 Å². The molecule has 1 atom stereocenters. The molecule has 0 saturated carbocycles. The number of ether oxygens (including phenoxy) is 1. The van der Waals surface area contributed by atoms with Crippen molar-refractivity contribution >= 4 is 5.97 Å². The molecule has 0 N–H and O–H groups in total. The van der Waals surface area contributed by atoms with Crippen molar-refractivity contribution in [2.75, 3.05) is 6.61 Å². The Kier molecular flexibility index (Phi) is 5.58. The van der Waals surface area contributed by atoms with E-state index < -0.39 is 0 Å². The van der Waals surface area contributed by atoms with Gasteiger partial charge in [0.05, 0.1) is 6.61 Å². The average Bonchev–Trinajstić information content (AvgIpc) is 2.39. The van der Waals surface area contributed by atoms with Crippen LogP contribution in [0.3, 0.4) is 0 Å². The Labute approximate surface area is 99.1 Å². The van der Waals surface area contributed by atoms with Gasteiger partial charge >= 0.3 is 5.97 Å². The molecule has 2 nitrogen and oxygen atoms in total. The lowest BCUT2D eigenvalue weighted by Gasteiger charge is -2.16. The summed E-state index contributed by atoms with van der Waals surface area (Å²) < 4.78 is 4.97. The second kappa shape index (κ2) is 6.72. The van der Waals surface area contributed by atoms with Crippen LogP contribution in [0.1, 0.15) is 59.3 Å². The normalized spacial score (nSPS) is 21.8. The van der Waals surface area contributed by atoms with Crippen LogP contribution in [0.5, 0.6) is 0 Å². The van der Waals surface area contributed by atoms with Gasteiger partial charge in [-0.3, -0.25) is 4.79 Å². The number of rotatable bonds is 4. The summed E-state index contributed by atoms with van der Waals surface area (Å²) in [5.41, 5.74) is 3.01. The first kappa shape index (κ1) is 13.3. The molecule has 0 aromatic heterocycles. The van der Waals surface area contributed by atoms with Gasteiger partial charge in [0.2, 0.25) is 0 Å². The maximum absolute atomic E-state index is 11.3. The van der Waals surface area contributed by atoms with Gasteiger partial charge in [-0.2, -0.15) is 0 Å². The summed E-state index contributed by atoms with van der Waals surface area (Å²) in [5, 5.41) is 0. The van der Waals surface area contributed by atoms with E-state index in [1.54, 1.807) is 0 Å². The monoisotopic (exact) mass is 224 g/mol. The predicted molar refractivity (Wildman–Crippen MR) is 66.2 cm³/mol. The highest BCUT2D eigenvalue weighted by Gasteiger charge is 2.16. The van der Waals surface area contributed by atoms with E-state index in [-0.39, 0.29) is 5.97 Å². The Hall–Kier alpha value is -0.790. The van der Waals surface area contributed by atoms with Crippen molar-refractivity contribution < 1.29 is 9.53 Å². The zero-order chi connectivity index (χ0) is 12.0. The van der Waals surface area contributed by atoms with Crippen molar-refractivity contribution in [3.8, 4) is 0 Å². The number of carbonyl (C=O) groups is 1. The molecule has 1 rings (SSSR count). The molecular formula is C14H24O2. The highest BCUT2D eigenvalue weighted by molar-refractivity contribution is 5.69. The van der Waals surface area contributed by atoms with E-state index in [9.17, 15) is 4.79 Å². The number of hydrogen-bond donors (Lipinski definition) is 0. The molecule has 92 valence electrons. The smallest absolute Gasteiger partial charge is 0.306 e. The molecule has 2 heteroatoms. The molecule has 1 aliphatic rings. The number of carbonyl (C=O) groups excluding carboxylic acids is 1. The summed E-state index contributed by atoms with van der Waals surface area (Å²) in [6, 6.07) is 0. The van der Waals surface area contributed by atoms with Gasteiger partial charge in [-0.15, -0.1) is 0 Å². The summed E-state index contributed by atoms with van der Waals surface area (Å²) in [6.07, 6.45) is 6.55. The summed E-state index contributed by atoms with van der Waals surface area (Å²) in [5.74, 6) is 0.594. The van der Waals surface area contributed by atoms with Crippen molar-refractivity contribution in [3.05, 3.63) is 11.1 Å². The van der Waals surface area contributed by atoms with E-state index in [0.29, 0.717) is 18.9 Å². The molecule has 0 amide bonds. The Morgan fingerprint density at radius 3 is 2.88 bits per heavy atom. The van der Waals surface area contributed by atoms with Gasteiger partial charge in [0.1, 0.15) is 0 Å². The van der Waals surface area contributed by atoms with Crippen LogP contribution in [0.4, 0.5) is 0 Å². The van der Waals surface area contributed by atoms with Crippen molar-refractivity contribution in [2.45, 2.75) is 59.3 Å². The molecule has 1 aliphatic carbocycles. The Balaban J connectivity index is 2.52. The fraction of sp³-hybridized carbons (Fsp3) is 0.786. The van der Waals surface area contributed by atoms with E-state index in [1.165, 1.54) is 36.8 Å². The third kappa shape index (κ3) is 3.99. The van der Waals surface area contributed by atoms with Crippen LogP contribution < -0.4 is 0 Å². The van der Waals surface area contributed by atoms with Crippen molar-refractivity contribution in [2.24, 2.45) is 5.92 Å². The van der Waals surface area contributed by atoms with Crippen molar-refractivity contribution in [3.63, 3.8) is 0 Å². The van der Waals surface area contributed by atoms with Crippen molar-refractivity contribution in [1.29, 1.82) is 0 Å². The lowest BCUT2D eigenvalue weighted by Crippen LogP contribution is -2.07. The second-order valence-corrected chi connectivity index (χ2v) is 4.76. The maximum atomic E-state index is 11.3. The first-order valence-corrected chi connectivity index (χ1v) is 6.49. The molecule has 0 bridgehead atoms. The first-order chi connectivity index (χ1) is 7.65. The van der Waals surface area contributed by atoms with E-state index in [2.05, 4.69) is 13.8 Å². The third-order valence-corrected chi connectivity index (χ3v) is 3.49. The standard InChI is InChI=1S/C14H24O2/c1-4-16-14(15)10-9-13-11(2)7-5-6-8-12(13)3/h11H,4-10H2,1-3H3. The molecule has 1 unspecified atom stereocenters. The van der Waals surface area contributed by atoms with E-state index in [1.807, 2.05) is 6.92 Å². The predicted octanol–water partition coefficient (Wildman–Crippen LogP) is 3.86. The Bertz CT molecular complexity index is 266. The SMILES string of the molecule is CCOC(=O)CCC1=C(C)CCCCC1C. The van der Waals surface area contributed by atoms with Crippen LogP contribution in [-0.2, 0) is 9.53 Å². The summed E-state index contributed by atoms with van der Waals surface area (Å²) in [7, 11) is 0. The summed E-state index contributed by atoms with van der Waals surface area (Å²) in [4.78, 5) is 11.3. The van der Waals surface area contributed by atoms with Gasteiger partial charge in [-0.05, 0) is 45.4 Å². The average molecular weight is 224 g/mol. The fourth-order valence-corrected chi connectivity index (χ4v) is 2.53. The van der Waals surface area contributed by atoms with E-state index in [4.69, 9.17) is 4.74 Å². The molecule has 0 aromatic carbocycles. The van der Waals surface area contributed by atoms with Gasteiger partial charge in [-0.25, -0.2) is 0 Å². The van der Waals surface area contributed by atoms with E-state index in [0.717, 1.165) is 6.42 Å². The number of hydrogen-bond acceptors (Lipinski definition) is 2. The van der Waals surface area contributed by atoms with Crippen LogP contribution in [0.2, 0.25) is 0 Å². The second-order valence-electron chi connectivity index (χ2n) is 4.76. The van der Waals surface area contributed by atoms with Crippen LogP contribution in [0.15, 0.2) is 11.1 Å². The third-order valence-electron chi connectivity index (χ3n) is 3.49. The molecule has 0 spiro atoms. The zero-order valence-electron chi connectivity index (χ0n) is 10.8. The number of esters is 1. The Morgan fingerprint density at radius 2 is 2.19 bits per heavy atom. The minimum atomic E-state index is -0.0563. The van der Waals surface area contributed by atoms with Crippen LogP contribution in [-0.4, -0.2) is 12.6 Å². The quantitative estimate of drug-likeness (QED) is 0.535. The van der Waals surface area contributed by atoms with Gasteiger partial charge in [0, 0.05) is 6.42 Å². The lowest BCUT2D eigenvalue weighted by molar-refractivity contribution is -0.143. The zero-order valence-corrected chi connectivity index (χ0v) is 10.8. The van der Waals surface area contributed by atoms with Gasteiger partial charge < -0.3 is 4.74 Å². The lowest BCUT2D eigenvalue weighted by atomic mass is 9.91. The largest absolute Gasteiger partial charge is 0.466 e. The first-order valence-electron chi connectivity index (χ1n) is 6.49. The topological polar surface area (TPSA) is 26.3 Å². The molecular weight excluding hydrogens is 200 g/mol. The highest BCUT2D eigenvalue weighted by Crippen LogP contribution is 2.31. The van der Waals surface area contributed by atoms with E-state index >= 15 is 0 Å². The minimum Gasteiger partial charge on any atom is -0.466 e. The van der Waals surface area contributed by atoms with Gasteiger partial charge in [0.15, 0.2) is 0 Å². The summed E-state index contributed by atoms with van der Waals surface area (Å²) in [6.45, 7) is 6.86. The number of allylic oxidation sites excluding steroid dienone is 2. The van der Waals surface area contributed by atoms with Crippen LogP contribution in [0.25, 0.3) is 0 Å². The minimum absolute atomic E-state index is 0.0563. The molecule has 0 radical (unpaired) electrons. The van der Waals surface area contributed by atoms with Gasteiger partial charge in [0.25, 0.3) is 0 Å². The maximum Gasteiger partial charge on any atom is 0.306 e. The molecule has 16 heavy (non-hydrogen) atoms. The fourth-order valence-electron chi connectivity index (χ4n) is 2.53. The molecule has 0 fully saturated rings. The highest BCUT2D eigenvalue weighted by atomic mass is 16.5. The molecule has 0 heterocycles.